The van der Waals surface area contributed by atoms with Crippen LogP contribution in [0.15, 0.2) is 23.2 Å². The molecule has 1 aromatic rings. The van der Waals surface area contributed by atoms with Crippen molar-refractivity contribution in [2.45, 2.75) is 19.8 Å². The molecule has 5 N–H and O–H groups in total. The van der Waals surface area contributed by atoms with Gasteiger partial charge in [0.1, 0.15) is 5.82 Å². The molecule has 0 saturated carbocycles. The van der Waals surface area contributed by atoms with Crippen molar-refractivity contribution < 1.29 is 4.39 Å². The molecule has 0 heterocycles. The topological polar surface area (TPSA) is 76.4 Å². The lowest BCUT2D eigenvalue weighted by molar-refractivity contribution is 0.623. The van der Waals surface area contributed by atoms with Gasteiger partial charge in [0, 0.05) is 0 Å². The Morgan fingerprint density at radius 2 is 2.19 bits per heavy atom. The fourth-order valence-electron chi connectivity index (χ4n) is 1.29. The van der Waals surface area contributed by atoms with E-state index in [0.29, 0.717) is 10.9 Å². The van der Waals surface area contributed by atoms with Crippen molar-refractivity contribution >= 4 is 22.8 Å². The van der Waals surface area contributed by atoms with Gasteiger partial charge in [0.25, 0.3) is 0 Å². The van der Waals surface area contributed by atoms with E-state index in [2.05, 4.69) is 10.4 Å². The van der Waals surface area contributed by atoms with E-state index in [1.165, 1.54) is 12.1 Å². The maximum Gasteiger partial charge on any atom is 0.191 e. The number of nitrogens with one attached hydrogen (secondary N) is 1. The van der Waals surface area contributed by atoms with E-state index in [-0.39, 0.29) is 11.7 Å². The van der Waals surface area contributed by atoms with Crippen LogP contribution in [-0.4, -0.2) is 5.17 Å². The molecule has 0 unspecified atom stereocenters. The third-order valence-electron chi connectivity index (χ3n) is 2.07. The van der Waals surface area contributed by atoms with Crippen molar-refractivity contribution in [3.05, 3.63) is 29.6 Å². The van der Waals surface area contributed by atoms with Crippen LogP contribution in [0.2, 0.25) is 0 Å². The van der Waals surface area contributed by atoms with Crippen LogP contribution < -0.4 is 16.4 Å². The Kier molecular flexibility index (Phi) is 4.72. The predicted octanol–water partition coefficient (Wildman–Crippen LogP) is 2.01. The number of aliphatic imine (C=N–C) groups is 1. The summed E-state index contributed by atoms with van der Waals surface area (Å²) in [5.74, 6) is 5.14. The molecule has 0 aliphatic heterocycles. The molecule has 0 radical (unpaired) electrons. The molecule has 0 amide bonds. The summed E-state index contributed by atoms with van der Waals surface area (Å²) in [7, 11) is 0. The third kappa shape index (κ3) is 3.19. The second-order valence-electron chi connectivity index (χ2n) is 3.54. The molecule has 0 spiro atoms. The largest absolute Gasteiger partial charge is 0.302 e. The van der Waals surface area contributed by atoms with Gasteiger partial charge in [0.05, 0.1) is 5.69 Å². The molecule has 1 rings (SSSR count). The minimum Gasteiger partial charge on any atom is -0.302 e. The number of nitrogens with zero attached hydrogens (tertiary/aromatic N) is 1. The van der Waals surface area contributed by atoms with Crippen LogP contribution in [0.5, 0.6) is 0 Å². The van der Waals surface area contributed by atoms with Gasteiger partial charge in [-0.1, -0.05) is 13.8 Å². The van der Waals surface area contributed by atoms with Crippen molar-refractivity contribution in [3.8, 4) is 0 Å². The van der Waals surface area contributed by atoms with Gasteiger partial charge in [0.2, 0.25) is 0 Å². The van der Waals surface area contributed by atoms with E-state index < -0.39 is 0 Å². The number of hydrogen-bond donors (Lipinski definition) is 3. The lowest BCUT2D eigenvalue weighted by Crippen LogP contribution is -2.28. The fraction of sp³-hybridized carbons (Fsp3) is 0.300. The highest BCUT2D eigenvalue weighted by Crippen LogP contribution is 2.27. The number of hydrogen-bond acceptors (Lipinski definition) is 4. The van der Waals surface area contributed by atoms with E-state index >= 15 is 0 Å². The molecule has 0 bridgehead atoms. The number of rotatable bonds is 2. The Bertz CT molecular complexity index is 386. The first-order valence-corrected chi connectivity index (χ1v) is 5.68. The Hall–Kier alpha value is -1.11. The van der Waals surface area contributed by atoms with Gasteiger partial charge in [0.15, 0.2) is 5.17 Å². The van der Waals surface area contributed by atoms with Gasteiger partial charge in [-0.15, -0.1) is 0 Å². The zero-order valence-electron chi connectivity index (χ0n) is 9.20. The normalized spacial score (nSPS) is 12.0. The summed E-state index contributed by atoms with van der Waals surface area (Å²) in [6, 6.07) is 4.44. The van der Waals surface area contributed by atoms with E-state index in [9.17, 15) is 4.39 Å². The third-order valence-corrected chi connectivity index (χ3v) is 2.50. The first kappa shape index (κ1) is 13.0. The quantitative estimate of drug-likeness (QED) is 0.244. The van der Waals surface area contributed by atoms with Crippen molar-refractivity contribution in [2.75, 3.05) is 0 Å². The Morgan fingerprint density at radius 1 is 1.50 bits per heavy atom. The van der Waals surface area contributed by atoms with Crippen molar-refractivity contribution in [1.82, 2.24) is 5.43 Å². The summed E-state index contributed by atoms with van der Waals surface area (Å²) in [5, 5.41) is 5.74. The average Bonchev–Trinajstić information content (AvgIpc) is 2.27. The van der Waals surface area contributed by atoms with Crippen LogP contribution >= 0.6 is 11.9 Å². The first-order valence-electron chi connectivity index (χ1n) is 4.80. The average molecular weight is 242 g/mol. The van der Waals surface area contributed by atoms with Gasteiger partial charge in [-0.05, 0) is 41.6 Å². The van der Waals surface area contributed by atoms with E-state index in [1.54, 1.807) is 6.07 Å². The summed E-state index contributed by atoms with van der Waals surface area (Å²) < 4.78 is 13.1. The van der Waals surface area contributed by atoms with E-state index in [4.69, 9.17) is 11.0 Å². The maximum atomic E-state index is 13.1. The zero-order chi connectivity index (χ0) is 12.1. The minimum atomic E-state index is -0.273. The molecule has 0 aromatic heterocycles. The summed E-state index contributed by atoms with van der Waals surface area (Å²) in [6.07, 6.45) is 0. The van der Waals surface area contributed by atoms with Gasteiger partial charge in [-0.2, -0.15) is 0 Å². The number of halogens is 1. The highest BCUT2D eigenvalue weighted by Gasteiger charge is 2.08. The second kappa shape index (κ2) is 5.83. The lowest BCUT2D eigenvalue weighted by Gasteiger charge is -2.10. The van der Waals surface area contributed by atoms with Crippen LogP contribution in [0.1, 0.15) is 25.3 Å². The van der Waals surface area contributed by atoms with Crippen LogP contribution in [0.25, 0.3) is 0 Å². The Labute approximate surface area is 98.4 Å². The van der Waals surface area contributed by atoms with Crippen LogP contribution in [0, 0.1) is 5.82 Å². The number of amidine groups is 1. The molecule has 88 valence electrons. The molecule has 16 heavy (non-hydrogen) atoms. The molecular weight excluding hydrogens is 227 g/mol. The molecule has 0 atom stereocenters. The van der Waals surface area contributed by atoms with Gasteiger partial charge in [-0.25, -0.2) is 15.2 Å². The predicted molar refractivity (Wildman–Crippen MR) is 66.7 cm³/mol. The molecule has 0 saturated heterocycles. The summed E-state index contributed by atoms with van der Waals surface area (Å²) >= 11 is 0.910. The van der Waals surface area contributed by atoms with Crippen molar-refractivity contribution in [1.29, 1.82) is 0 Å². The Balaban J connectivity index is 3.17. The molecule has 1 aromatic carbocycles. The minimum absolute atomic E-state index is 0.177. The molecule has 0 aliphatic rings. The van der Waals surface area contributed by atoms with Crippen LogP contribution in [-0.2, 0) is 0 Å². The lowest BCUT2D eigenvalue weighted by atomic mass is 10.0. The second-order valence-corrected chi connectivity index (χ2v) is 4.16. The summed E-state index contributed by atoms with van der Waals surface area (Å²) in [4.78, 5) is 4.21. The van der Waals surface area contributed by atoms with E-state index in [1.807, 2.05) is 13.8 Å². The number of benzene rings is 1. The highest BCUT2D eigenvalue weighted by atomic mass is 32.2. The van der Waals surface area contributed by atoms with Gasteiger partial charge < -0.3 is 5.43 Å². The fourth-order valence-corrected chi connectivity index (χ4v) is 1.51. The van der Waals surface area contributed by atoms with Crippen molar-refractivity contribution in [3.63, 3.8) is 0 Å². The van der Waals surface area contributed by atoms with Crippen LogP contribution in [0.4, 0.5) is 10.1 Å². The van der Waals surface area contributed by atoms with E-state index in [0.717, 1.165) is 17.5 Å². The monoisotopic (exact) mass is 242 g/mol. The highest BCUT2D eigenvalue weighted by molar-refractivity contribution is 8.11. The Morgan fingerprint density at radius 3 is 2.69 bits per heavy atom. The molecular formula is C10H15FN4S. The maximum absolute atomic E-state index is 13.1. The van der Waals surface area contributed by atoms with Crippen molar-refractivity contribution in [2.24, 2.45) is 16.0 Å². The molecule has 4 nitrogen and oxygen atoms in total. The number of hydrazine groups is 1. The summed E-state index contributed by atoms with van der Waals surface area (Å²) in [5.41, 5.74) is 3.87. The first-order chi connectivity index (χ1) is 7.58. The number of nitrogens with two attached hydrogens (primary N) is 2. The zero-order valence-corrected chi connectivity index (χ0v) is 10.0. The van der Waals surface area contributed by atoms with Crippen LogP contribution in [0.3, 0.4) is 0 Å². The molecule has 6 heteroatoms. The standard InChI is InChI=1S/C10H15FN4S/c1-6(2)8-5-7(11)3-4-9(8)14-10(15-12)16-13/h3-6H,12-13H2,1-2H3,(H,14,15). The molecule has 0 aliphatic carbocycles. The van der Waals surface area contributed by atoms with Gasteiger partial charge in [-0.3, -0.25) is 5.14 Å². The molecule has 0 fully saturated rings. The summed E-state index contributed by atoms with van der Waals surface area (Å²) in [6.45, 7) is 3.94. The SMILES string of the molecule is CC(C)c1cc(F)ccc1N=C(NN)SN. The smallest absolute Gasteiger partial charge is 0.191 e. The van der Waals surface area contributed by atoms with Gasteiger partial charge >= 0.3 is 0 Å².